The van der Waals surface area contributed by atoms with Crippen LogP contribution < -0.4 is 0 Å². The summed E-state index contributed by atoms with van der Waals surface area (Å²) in [6.07, 6.45) is 3.07. The van der Waals surface area contributed by atoms with Crippen LogP contribution in [0.2, 0.25) is 10.0 Å². The van der Waals surface area contributed by atoms with E-state index in [1.54, 1.807) is 37.4 Å². The van der Waals surface area contributed by atoms with Crippen molar-refractivity contribution in [3.8, 4) is 11.3 Å². The van der Waals surface area contributed by atoms with Crippen LogP contribution in [0.25, 0.3) is 11.3 Å². The first-order chi connectivity index (χ1) is 10.1. The zero-order valence-electron chi connectivity index (χ0n) is 10.9. The molecule has 0 atom stereocenters. The van der Waals surface area contributed by atoms with Gasteiger partial charge in [-0.25, -0.2) is 4.68 Å². The van der Waals surface area contributed by atoms with Crippen LogP contribution in [-0.4, -0.2) is 20.8 Å². The van der Waals surface area contributed by atoms with Crippen LogP contribution in [0.15, 0.2) is 41.2 Å². The number of nitrogens with zero attached hydrogens (tertiary/aromatic N) is 3. The molecule has 3 aromatic rings. The van der Waals surface area contributed by atoms with Crippen LogP contribution in [0, 0.1) is 6.92 Å². The predicted octanol–water partition coefficient (Wildman–Crippen LogP) is 3.84. The molecule has 21 heavy (non-hydrogen) atoms. The summed E-state index contributed by atoms with van der Waals surface area (Å²) in [4.78, 5) is 12.5. The lowest BCUT2D eigenvalue weighted by molar-refractivity contribution is 0.0944. The third kappa shape index (κ3) is 2.34. The van der Waals surface area contributed by atoms with Gasteiger partial charge in [0.25, 0.3) is 5.91 Å². The highest BCUT2D eigenvalue weighted by atomic mass is 35.5. The second-order valence-electron chi connectivity index (χ2n) is 4.31. The van der Waals surface area contributed by atoms with Crippen LogP contribution in [-0.2, 0) is 0 Å². The minimum absolute atomic E-state index is 0.286. The third-order valence-electron chi connectivity index (χ3n) is 2.99. The van der Waals surface area contributed by atoms with Gasteiger partial charge in [0.1, 0.15) is 17.0 Å². The van der Waals surface area contributed by atoms with Gasteiger partial charge in [0, 0.05) is 18.0 Å². The Labute approximate surface area is 130 Å². The molecule has 2 aromatic heterocycles. The number of rotatable bonds is 2. The topological polar surface area (TPSA) is 60.9 Å². The van der Waals surface area contributed by atoms with Gasteiger partial charge in [-0.2, -0.15) is 5.10 Å². The maximum Gasteiger partial charge on any atom is 0.284 e. The van der Waals surface area contributed by atoms with Crippen molar-refractivity contribution < 1.29 is 9.32 Å². The van der Waals surface area contributed by atoms with Gasteiger partial charge in [-0.3, -0.25) is 4.79 Å². The molecule has 1 aromatic carbocycles. The molecule has 0 aliphatic heterocycles. The average Bonchev–Trinajstić information content (AvgIpc) is 3.08. The average molecular weight is 322 g/mol. The first-order valence-corrected chi connectivity index (χ1v) is 6.80. The summed E-state index contributed by atoms with van der Waals surface area (Å²) in [5.74, 6) is 0.0197. The molecule has 0 fully saturated rings. The van der Waals surface area contributed by atoms with Crippen LogP contribution in [0.3, 0.4) is 0 Å². The zero-order chi connectivity index (χ0) is 15.0. The lowest BCUT2D eigenvalue weighted by atomic mass is 10.1. The molecule has 0 aliphatic rings. The number of aromatic nitrogens is 3. The Morgan fingerprint density at radius 2 is 1.95 bits per heavy atom. The fourth-order valence-corrected chi connectivity index (χ4v) is 2.60. The predicted molar refractivity (Wildman–Crippen MR) is 78.7 cm³/mol. The van der Waals surface area contributed by atoms with Crippen molar-refractivity contribution in [3.63, 3.8) is 0 Å². The summed E-state index contributed by atoms with van der Waals surface area (Å²) >= 11 is 12.4. The molecular formula is C14H9Cl2N3O2. The van der Waals surface area contributed by atoms with E-state index < -0.39 is 0 Å². The quantitative estimate of drug-likeness (QED) is 0.719. The van der Waals surface area contributed by atoms with Gasteiger partial charge in [0.2, 0.25) is 0 Å². The van der Waals surface area contributed by atoms with Gasteiger partial charge in [-0.1, -0.05) is 34.4 Å². The fraction of sp³-hybridized carbons (Fsp3) is 0.0714. The van der Waals surface area contributed by atoms with E-state index in [-0.39, 0.29) is 11.5 Å². The minimum atomic E-state index is -0.357. The second kappa shape index (κ2) is 5.35. The molecule has 0 N–H and O–H groups in total. The normalized spacial score (nSPS) is 10.8. The van der Waals surface area contributed by atoms with E-state index in [0.717, 1.165) is 0 Å². The maximum absolute atomic E-state index is 12.5. The molecule has 5 nitrogen and oxygen atoms in total. The summed E-state index contributed by atoms with van der Waals surface area (Å²) in [6, 6.07) is 6.73. The molecule has 0 radical (unpaired) electrons. The minimum Gasteiger partial charge on any atom is -0.360 e. The van der Waals surface area contributed by atoms with E-state index in [1.165, 1.54) is 10.9 Å². The molecule has 0 spiro atoms. The first-order valence-electron chi connectivity index (χ1n) is 6.04. The van der Waals surface area contributed by atoms with E-state index in [1.807, 2.05) is 0 Å². The highest BCUT2D eigenvalue weighted by Gasteiger charge is 2.25. The Balaban J connectivity index is 2.21. The monoisotopic (exact) mass is 321 g/mol. The Kier molecular flexibility index (Phi) is 3.53. The van der Waals surface area contributed by atoms with Crippen LogP contribution in [0.5, 0.6) is 0 Å². The second-order valence-corrected chi connectivity index (χ2v) is 5.13. The van der Waals surface area contributed by atoms with Gasteiger partial charge >= 0.3 is 0 Å². The van der Waals surface area contributed by atoms with Gasteiger partial charge in [-0.05, 0) is 25.1 Å². The fourth-order valence-electron chi connectivity index (χ4n) is 2.02. The zero-order valence-corrected chi connectivity index (χ0v) is 12.4. The molecule has 106 valence electrons. The van der Waals surface area contributed by atoms with E-state index in [9.17, 15) is 4.79 Å². The van der Waals surface area contributed by atoms with Gasteiger partial charge in [0.05, 0.1) is 10.0 Å². The van der Waals surface area contributed by atoms with Gasteiger partial charge < -0.3 is 4.52 Å². The Bertz CT molecular complexity index is 789. The standard InChI is InChI=1S/C14H9Cl2N3O2/c1-8-11(14(20)19-7-3-6-17-19)13(18-21-8)12-9(15)4-2-5-10(12)16/h2-7H,1H3. The lowest BCUT2D eigenvalue weighted by Crippen LogP contribution is -2.14. The molecule has 0 saturated heterocycles. The Hall–Kier alpha value is -2.11. The van der Waals surface area contributed by atoms with Crippen molar-refractivity contribution in [2.45, 2.75) is 6.92 Å². The smallest absolute Gasteiger partial charge is 0.284 e. The number of halogens is 2. The van der Waals surface area contributed by atoms with Gasteiger partial charge in [0.15, 0.2) is 0 Å². The number of carbonyl (C=O) groups is 1. The van der Waals surface area contributed by atoms with Crippen molar-refractivity contribution in [2.75, 3.05) is 0 Å². The summed E-state index contributed by atoms with van der Waals surface area (Å²) in [5.41, 5.74) is 1.06. The van der Waals surface area contributed by atoms with Crippen molar-refractivity contribution in [1.82, 2.24) is 14.9 Å². The summed E-state index contributed by atoms with van der Waals surface area (Å²) in [7, 11) is 0. The molecule has 7 heteroatoms. The lowest BCUT2D eigenvalue weighted by Gasteiger charge is -2.06. The van der Waals surface area contributed by atoms with Crippen molar-refractivity contribution >= 4 is 29.1 Å². The summed E-state index contributed by atoms with van der Waals surface area (Å²) in [6.45, 7) is 1.65. The number of aryl methyl sites for hydroxylation is 1. The number of benzene rings is 1. The molecule has 3 rings (SSSR count). The van der Waals surface area contributed by atoms with Crippen molar-refractivity contribution in [2.24, 2.45) is 0 Å². The van der Waals surface area contributed by atoms with E-state index >= 15 is 0 Å². The Morgan fingerprint density at radius 3 is 2.57 bits per heavy atom. The maximum atomic E-state index is 12.5. The molecule has 0 bridgehead atoms. The number of carbonyl (C=O) groups excluding carboxylic acids is 1. The number of hydrogen-bond donors (Lipinski definition) is 0. The Morgan fingerprint density at radius 1 is 1.24 bits per heavy atom. The molecular weight excluding hydrogens is 313 g/mol. The van der Waals surface area contributed by atoms with Crippen LogP contribution in [0.1, 0.15) is 16.1 Å². The summed E-state index contributed by atoms with van der Waals surface area (Å²) in [5, 5.41) is 8.64. The van der Waals surface area contributed by atoms with E-state index in [2.05, 4.69) is 10.3 Å². The SMILES string of the molecule is Cc1onc(-c2c(Cl)cccc2Cl)c1C(=O)n1cccn1. The van der Waals surface area contributed by atoms with E-state index in [0.29, 0.717) is 27.1 Å². The highest BCUT2D eigenvalue weighted by Crippen LogP contribution is 2.36. The third-order valence-corrected chi connectivity index (χ3v) is 3.62. The van der Waals surface area contributed by atoms with Crippen LogP contribution in [0.4, 0.5) is 0 Å². The molecule has 0 amide bonds. The molecule has 0 aliphatic carbocycles. The first kappa shape index (κ1) is 13.9. The van der Waals surface area contributed by atoms with Crippen molar-refractivity contribution in [1.29, 1.82) is 0 Å². The highest BCUT2D eigenvalue weighted by molar-refractivity contribution is 6.39. The van der Waals surface area contributed by atoms with Crippen molar-refractivity contribution in [3.05, 3.63) is 58.0 Å². The number of hydrogen-bond acceptors (Lipinski definition) is 4. The molecule has 2 heterocycles. The molecule has 0 saturated carbocycles. The summed E-state index contributed by atoms with van der Waals surface area (Å²) < 4.78 is 6.35. The molecule has 0 unspecified atom stereocenters. The van der Waals surface area contributed by atoms with Gasteiger partial charge in [-0.15, -0.1) is 0 Å². The van der Waals surface area contributed by atoms with E-state index in [4.69, 9.17) is 27.7 Å². The largest absolute Gasteiger partial charge is 0.360 e. The van der Waals surface area contributed by atoms with Crippen LogP contribution >= 0.6 is 23.2 Å².